The Hall–Kier alpha value is 0.200. The minimum Gasteiger partial charge on any atom is -0.313 e. The van der Waals surface area contributed by atoms with Crippen LogP contribution in [-0.4, -0.2) is 38.4 Å². The first kappa shape index (κ1) is 14.2. The number of hydrogen-bond acceptors (Lipinski definition) is 3. The summed E-state index contributed by atoms with van der Waals surface area (Å²) in [5, 5.41) is 3.20. The van der Waals surface area contributed by atoms with Gasteiger partial charge in [0.25, 0.3) is 0 Å². The van der Waals surface area contributed by atoms with Crippen LogP contribution in [0.5, 0.6) is 0 Å². The summed E-state index contributed by atoms with van der Waals surface area (Å²) in [5.41, 5.74) is 0. The molecule has 0 aromatic carbocycles. The Morgan fingerprint density at radius 3 is 2.43 bits per heavy atom. The van der Waals surface area contributed by atoms with E-state index in [4.69, 9.17) is 11.6 Å². The standard InChI is InChI=1S/C9H20ClNO2S/c1-3-9(5-6-10)11-7-8-14(12,13)4-2/h9,11H,3-8H2,1-2H3. The molecule has 0 spiro atoms. The van der Waals surface area contributed by atoms with Gasteiger partial charge in [0, 0.05) is 24.2 Å². The van der Waals surface area contributed by atoms with Crippen LogP contribution in [0, 0.1) is 0 Å². The number of hydrogen-bond donors (Lipinski definition) is 1. The molecule has 0 aliphatic rings. The molecule has 0 aromatic rings. The molecule has 14 heavy (non-hydrogen) atoms. The molecule has 0 bridgehead atoms. The van der Waals surface area contributed by atoms with Gasteiger partial charge in [0.2, 0.25) is 0 Å². The first-order valence-corrected chi connectivity index (χ1v) is 7.41. The molecule has 0 rings (SSSR count). The predicted octanol–water partition coefficient (Wildman–Crippen LogP) is 1.42. The molecule has 1 atom stereocenters. The summed E-state index contributed by atoms with van der Waals surface area (Å²) in [7, 11) is -2.83. The van der Waals surface area contributed by atoms with Crippen LogP contribution in [-0.2, 0) is 9.84 Å². The summed E-state index contributed by atoms with van der Waals surface area (Å²) in [4.78, 5) is 0. The largest absolute Gasteiger partial charge is 0.313 e. The highest BCUT2D eigenvalue weighted by molar-refractivity contribution is 7.91. The third kappa shape index (κ3) is 6.62. The van der Waals surface area contributed by atoms with Crippen molar-refractivity contribution in [3.05, 3.63) is 0 Å². The minimum atomic E-state index is -2.83. The van der Waals surface area contributed by atoms with E-state index < -0.39 is 9.84 Å². The number of rotatable bonds is 8. The lowest BCUT2D eigenvalue weighted by Gasteiger charge is -2.15. The van der Waals surface area contributed by atoms with Crippen LogP contribution in [0.2, 0.25) is 0 Å². The summed E-state index contributed by atoms with van der Waals surface area (Å²) in [6.07, 6.45) is 1.88. The predicted molar refractivity (Wildman–Crippen MR) is 61.7 cm³/mol. The Morgan fingerprint density at radius 1 is 1.36 bits per heavy atom. The second-order valence-electron chi connectivity index (χ2n) is 3.27. The lowest BCUT2D eigenvalue weighted by Crippen LogP contribution is -2.33. The highest BCUT2D eigenvalue weighted by Crippen LogP contribution is 1.99. The van der Waals surface area contributed by atoms with E-state index in [-0.39, 0.29) is 11.5 Å². The van der Waals surface area contributed by atoms with Crippen molar-refractivity contribution in [2.45, 2.75) is 32.7 Å². The topological polar surface area (TPSA) is 46.2 Å². The first-order valence-electron chi connectivity index (χ1n) is 5.05. The van der Waals surface area contributed by atoms with Crippen LogP contribution in [0.15, 0.2) is 0 Å². The van der Waals surface area contributed by atoms with Gasteiger partial charge in [-0.05, 0) is 12.8 Å². The fraction of sp³-hybridized carbons (Fsp3) is 1.00. The monoisotopic (exact) mass is 241 g/mol. The van der Waals surface area contributed by atoms with Gasteiger partial charge >= 0.3 is 0 Å². The lowest BCUT2D eigenvalue weighted by atomic mass is 10.2. The summed E-state index contributed by atoms with van der Waals surface area (Å²) in [6, 6.07) is 0.347. The van der Waals surface area contributed by atoms with Crippen molar-refractivity contribution in [3.63, 3.8) is 0 Å². The summed E-state index contributed by atoms with van der Waals surface area (Å²) >= 11 is 5.61. The molecule has 0 radical (unpaired) electrons. The maximum absolute atomic E-state index is 11.2. The molecule has 0 saturated carbocycles. The van der Waals surface area contributed by atoms with Crippen LogP contribution in [0.4, 0.5) is 0 Å². The van der Waals surface area contributed by atoms with Gasteiger partial charge in [-0.25, -0.2) is 8.42 Å². The molecule has 5 heteroatoms. The highest BCUT2D eigenvalue weighted by Gasteiger charge is 2.09. The van der Waals surface area contributed by atoms with E-state index in [1.54, 1.807) is 6.92 Å². The van der Waals surface area contributed by atoms with Crippen molar-refractivity contribution in [1.29, 1.82) is 0 Å². The van der Waals surface area contributed by atoms with Crippen molar-refractivity contribution < 1.29 is 8.42 Å². The normalized spacial score (nSPS) is 14.2. The maximum atomic E-state index is 11.2. The molecule has 1 unspecified atom stereocenters. The van der Waals surface area contributed by atoms with Crippen LogP contribution in [0.1, 0.15) is 26.7 Å². The van der Waals surface area contributed by atoms with Gasteiger partial charge in [-0.3, -0.25) is 0 Å². The Balaban J connectivity index is 3.71. The Kier molecular flexibility index (Phi) is 7.59. The molecule has 86 valence electrons. The van der Waals surface area contributed by atoms with E-state index >= 15 is 0 Å². The number of alkyl halides is 1. The molecule has 3 nitrogen and oxygen atoms in total. The minimum absolute atomic E-state index is 0.223. The number of nitrogens with one attached hydrogen (secondary N) is 1. The van der Waals surface area contributed by atoms with Gasteiger partial charge in [0.1, 0.15) is 0 Å². The van der Waals surface area contributed by atoms with Gasteiger partial charge < -0.3 is 5.32 Å². The molecular formula is C9H20ClNO2S. The van der Waals surface area contributed by atoms with E-state index in [1.165, 1.54) is 0 Å². The summed E-state index contributed by atoms with van der Waals surface area (Å²) < 4.78 is 22.3. The number of halogens is 1. The second kappa shape index (κ2) is 7.49. The van der Waals surface area contributed by atoms with E-state index in [9.17, 15) is 8.42 Å². The highest BCUT2D eigenvalue weighted by atomic mass is 35.5. The molecule has 0 fully saturated rings. The van der Waals surface area contributed by atoms with Gasteiger partial charge in [-0.15, -0.1) is 11.6 Å². The molecule has 0 amide bonds. The molecular weight excluding hydrogens is 222 g/mol. The fourth-order valence-electron chi connectivity index (χ4n) is 1.15. The lowest BCUT2D eigenvalue weighted by molar-refractivity contribution is 0.499. The van der Waals surface area contributed by atoms with E-state index in [2.05, 4.69) is 12.2 Å². The first-order chi connectivity index (χ1) is 6.55. The second-order valence-corrected chi connectivity index (χ2v) is 6.12. The smallest absolute Gasteiger partial charge is 0.151 e. The van der Waals surface area contributed by atoms with Crippen LogP contribution < -0.4 is 5.32 Å². The molecule has 0 aromatic heterocycles. The fourth-order valence-corrected chi connectivity index (χ4v) is 2.13. The average molecular weight is 242 g/mol. The Labute approximate surface area is 92.1 Å². The van der Waals surface area contributed by atoms with Crippen LogP contribution in [0.3, 0.4) is 0 Å². The van der Waals surface area contributed by atoms with Crippen molar-refractivity contribution in [2.24, 2.45) is 0 Å². The van der Waals surface area contributed by atoms with Crippen LogP contribution in [0.25, 0.3) is 0 Å². The molecule has 0 aliphatic carbocycles. The quantitative estimate of drug-likeness (QED) is 0.654. The van der Waals surface area contributed by atoms with E-state index in [1.807, 2.05) is 0 Å². The number of sulfone groups is 1. The van der Waals surface area contributed by atoms with E-state index in [0.717, 1.165) is 12.8 Å². The van der Waals surface area contributed by atoms with Crippen molar-refractivity contribution in [2.75, 3.05) is 23.9 Å². The van der Waals surface area contributed by atoms with Crippen molar-refractivity contribution >= 4 is 21.4 Å². The van der Waals surface area contributed by atoms with E-state index in [0.29, 0.717) is 18.5 Å². The Morgan fingerprint density at radius 2 is 2.00 bits per heavy atom. The van der Waals surface area contributed by atoms with Crippen molar-refractivity contribution in [3.8, 4) is 0 Å². The molecule has 0 heterocycles. The zero-order valence-corrected chi connectivity index (χ0v) is 10.5. The van der Waals surface area contributed by atoms with Crippen molar-refractivity contribution in [1.82, 2.24) is 5.32 Å². The third-order valence-electron chi connectivity index (χ3n) is 2.24. The van der Waals surface area contributed by atoms with Gasteiger partial charge in [-0.2, -0.15) is 0 Å². The third-order valence-corrected chi connectivity index (χ3v) is 4.16. The Bertz CT molecular complexity index is 229. The molecule has 0 saturated heterocycles. The molecule has 1 N–H and O–H groups in total. The SMILES string of the molecule is CCC(CCCl)NCCS(=O)(=O)CC. The summed E-state index contributed by atoms with van der Waals surface area (Å²) in [6.45, 7) is 4.27. The van der Waals surface area contributed by atoms with Gasteiger partial charge in [-0.1, -0.05) is 13.8 Å². The molecule has 0 aliphatic heterocycles. The zero-order valence-electron chi connectivity index (χ0n) is 8.92. The van der Waals surface area contributed by atoms with Crippen LogP contribution >= 0.6 is 11.6 Å². The maximum Gasteiger partial charge on any atom is 0.151 e. The summed E-state index contributed by atoms with van der Waals surface area (Å²) in [5.74, 6) is 1.06. The van der Waals surface area contributed by atoms with Gasteiger partial charge in [0.05, 0.1) is 5.75 Å². The van der Waals surface area contributed by atoms with Gasteiger partial charge in [0.15, 0.2) is 9.84 Å². The average Bonchev–Trinajstić information content (AvgIpc) is 2.16. The zero-order chi connectivity index (χ0) is 11.0.